The number of thioether (sulfide) groups is 1. The molecule has 2 unspecified atom stereocenters. The Kier molecular flexibility index (Phi) is 8.64. The molecule has 11 heteroatoms. The first-order valence-electron chi connectivity index (χ1n) is 14.4. The second kappa shape index (κ2) is 12.5. The molecule has 1 N–H and O–H groups in total. The number of fused-ring (bicyclic) bond motifs is 1. The van der Waals surface area contributed by atoms with Crippen LogP contribution in [0.1, 0.15) is 36.9 Å². The van der Waals surface area contributed by atoms with Gasteiger partial charge in [0.05, 0.1) is 15.8 Å². The first-order valence-corrected chi connectivity index (χ1v) is 16.0. The minimum Gasteiger partial charge on any atom is -0.361 e. The van der Waals surface area contributed by atoms with E-state index in [1.165, 1.54) is 30.8 Å². The van der Waals surface area contributed by atoms with E-state index in [4.69, 9.17) is 23.2 Å². The zero-order chi connectivity index (χ0) is 31.0. The number of H-pyrrole nitrogens is 1. The van der Waals surface area contributed by atoms with Gasteiger partial charge in [-0.3, -0.25) is 14.4 Å². The highest BCUT2D eigenvalue weighted by molar-refractivity contribution is 8.00. The number of nitrogens with zero attached hydrogens (tertiary/aromatic N) is 3. The number of aromatic nitrogens is 1. The maximum atomic E-state index is 14.5. The third-order valence-electron chi connectivity index (χ3n) is 8.48. The number of halogens is 3. The van der Waals surface area contributed by atoms with Crippen LogP contribution in [-0.2, 0) is 20.9 Å². The van der Waals surface area contributed by atoms with E-state index in [1.54, 1.807) is 20.8 Å². The molecule has 0 radical (unpaired) electrons. The number of nitrogens with one attached hydrogen (secondary N) is 1. The number of amides is 3. The summed E-state index contributed by atoms with van der Waals surface area (Å²) in [4.78, 5) is 49.6. The van der Waals surface area contributed by atoms with Crippen molar-refractivity contribution < 1.29 is 18.8 Å². The molecule has 2 saturated heterocycles. The van der Waals surface area contributed by atoms with Crippen LogP contribution in [0.25, 0.3) is 10.9 Å². The molecule has 1 aromatic heterocycles. The van der Waals surface area contributed by atoms with E-state index < -0.39 is 16.6 Å². The fraction of sp³-hybridized carbons (Fsp3) is 0.303. The van der Waals surface area contributed by atoms with Crippen LogP contribution in [0.15, 0.2) is 77.8 Å². The summed E-state index contributed by atoms with van der Waals surface area (Å²) in [5, 5.41) is 1.48. The van der Waals surface area contributed by atoms with Gasteiger partial charge < -0.3 is 19.7 Å². The third-order valence-corrected chi connectivity index (χ3v) is 10.4. The van der Waals surface area contributed by atoms with Gasteiger partial charge >= 0.3 is 0 Å². The molecule has 3 amide bonds. The van der Waals surface area contributed by atoms with Crippen molar-refractivity contribution in [3.8, 4) is 0 Å². The van der Waals surface area contributed by atoms with Gasteiger partial charge in [0.1, 0.15) is 5.82 Å². The first-order chi connectivity index (χ1) is 21.1. The van der Waals surface area contributed by atoms with Gasteiger partial charge in [0, 0.05) is 85.1 Å². The van der Waals surface area contributed by atoms with E-state index in [0.717, 1.165) is 21.4 Å². The van der Waals surface area contributed by atoms with Gasteiger partial charge in [-0.05, 0) is 42.0 Å². The minimum atomic E-state index is -0.896. The number of rotatable bonds is 7. The third kappa shape index (κ3) is 6.05. The number of likely N-dealkylation sites (tertiary alicyclic amines) is 1. The van der Waals surface area contributed by atoms with E-state index >= 15 is 0 Å². The summed E-state index contributed by atoms with van der Waals surface area (Å²) in [6, 6.07) is 19.4. The number of aromatic amines is 1. The molecule has 44 heavy (non-hydrogen) atoms. The average molecular weight is 654 g/mol. The maximum absolute atomic E-state index is 14.5. The second-order valence-corrected chi connectivity index (χ2v) is 13.7. The van der Waals surface area contributed by atoms with E-state index in [1.807, 2.05) is 54.7 Å². The average Bonchev–Trinajstić information content (AvgIpc) is 3.52. The highest BCUT2D eigenvalue weighted by Crippen LogP contribution is 2.56. The van der Waals surface area contributed by atoms with Crippen molar-refractivity contribution in [1.29, 1.82) is 0 Å². The van der Waals surface area contributed by atoms with Crippen LogP contribution in [-0.4, -0.2) is 68.3 Å². The lowest BCUT2D eigenvalue weighted by molar-refractivity contribution is -0.138. The quantitative estimate of drug-likeness (QED) is 0.241. The summed E-state index contributed by atoms with van der Waals surface area (Å²) < 4.78 is 13.6. The van der Waals surface area contributed by atoms with E-state index in [2.05, 4.69) is 4.98 Å². The normalized spacial score (nSPS) is 20.5. The zero-order valence-corrected chi connectivity index (χ0v) is 26.4. The predicted molar refractivity (Wildman–Crippen MR) is 171 cm³/mol. The molecule has 228 valence electrons. The van der Waals surface area contributed by atoms with Crippen molar-refractivity contribution >= 4 is 63.6 Å². The maximum Gasteiger partial charge on any atom is 0.224 e. The molecular formula is C33H31Cl2FN4O3S. The van der Waals surface area contributed by atoms with Gasteiger partial charge in [0.2, 0.25) is 17.7 Å². The molecule has 2 fully saturated rings. The summed E-state index contributed by atoms with van der Waals surface area (Å²) >= 11 is 13.8. The molecule has 2 atom stereocenters. The lowest BCUT2D eigenvalue weighted by Crippen LogP contribution is -2.51. The molecule has 3 heterocycles. The Labute approximate surface area is 269 Å². The summed E-state index contributed by atoms with van der Waals surface area (Å²) in [5.41, 5.74) is 2.27. The molecular weight excluding hydrogens is 622 g/mol. The van der Waals surface area contributed by atoms with Gasteiger partial charge in [-0.15, -0.1) is 11.8 Å². The lowest BCUT2D eigenvalue weighted by Gasteiger charge is -2.40. The Morgan fingerprint density at radius 2 is 1.73 bits per heavy atom. The molecule has 2 aliphatic rings. The van der Waals surface area contributed by atoms with Crippen LogP contribution in [0.2, 0.25) is 10.0 Å². The molecule has 4 aromatic rings. The van der Waals surface area contributed by atoms with Gasteiger partial charge in [0.25, 0.3) is 0 Å². The van der Waals surface area contributed by atoms with Crippen molar-refractivity contribution in [3.05, 3.63) is 99.9 Å². The predicted octanol–water partition coefficient (Wildman–Crippen LogP) is 6.70. The first kappa shape index (κ1) is 30.5. The van der Waals surface area contributed by atoms with E-state index in [-0.39, 0.29) is 42.1 Å². The highest BCUT2D eigenvalue weighted by Gasteiger charge is 2.55. The van der Waals surface area contributed by atoms with E-state index in [0.29, 0.717) is 36.8 Å². The Morgan fingerprint density at radius 3 is 2.43 bits per heavy atom. The van der Waals surface area contributed by atoms with Crippen molar-refractivity contribution in [2.24, 2.45) is 0 Å². The molecule has 0 bridgehead atoms. The summed E-state index contributed by atoms with van der Waals surface area (Å²) in [5.74, 6) is -0.773. The SMILES string of the molecule is CC(=O)N1CCN(C(=O)CC2(Sc3ccccc3)CC(=O)N(Cc3ccc(Cl)c(F)c3)C2c2c[nH]c3cc(Cl)ccc23)CC1. The number of carbonyl (C=O) groups is 3. The molecule has 7 nitrogen and oxygen atoms in total. The Hall–Kier alpha value is -3.53. The van der Waals surface area contributed by atoms with Crippen LogP contribution in [0.5, 0.6) is 0 Å². The van der Waals surface area contributed by atoms with Gasteiger partial charge in [-0.25, -0.2) is 4.39 Å². The van der Waals surface area contributed by atoms with Crippen LogP contribution in [0.3, 0.4) is 0 Å². The highest BCUT2D eigenvalue weighted by atomic mass is 35.5. The fourth-order valence-corrected chi connectivity index (χ4v) is 8.15. The molecule has 2 aliphatic heterocycles. The van der Waals surface area contributed by atoms with Gasteiger partial charge in [-0.1, -0.05) is 53.5 Å². The van der Waals surface area contributed by atoms with Crippen molar-refractivity contribution in [2.75, 3.05) is 26.2 Å². The molecule has 6 rings (SSSR count). The number of hydrogen-bond acceptors (Lipinski definition) is 4. The van der Waals surface area contributed by atoms with E-state index in [9.17, 15) is 18.8 Å². The van der Waals surface area contributed by atoms with Crippen LogP contribution in [0.4, 0.5) is 4.39 Å². The molecule has 0 aliphatic carbocycles. The minimum absolute atomic E-state index is 0.0102. The lowest BCUT2D eigenvalue weighted by atomic mass is 9.88. The van der Waals surface area contributed by atoms with Crippen LogP contribution < -0.4 is 0 Å². The number of benzene rings is 3. The number of piperazine rings is 1. The smallest absolute Gasteiger partial charge is 0.224 e. The molecule has 3 aromatic carbocycles. The topological polar surface area (TPSA) is 76.7 Å². The molecule has 0 saturated carbocycles. The monoisotopic (exact) mass is 652 g/mol. The number of hydrogen-bond donors (Lipinski definition) is 1. The van der Waals surface area contributed by atoms with Crippen LogP contribution in [0, 0.1) is 5.82 Å². The van der Waals surface area contributed by atoms with Crippen molar-refractivity contribution in [1.82, 2.24) is 19.7 Å². The van der Waals surface area contributed by atoms with Crippen LogP contribution >= 0.6 is 35.0 Å². The second-order valence-electron chi connectivity index (χ2n) is 11.3. The van der Waals surface area contributed by atoms with Gasteiger partial charge in [0.15, 0.2) is 0 Å². The van der Waals surface area contributed by atoms with Crippen molar-refractivity contribution in [2.45, 2.75) is 42.0 Å². The fourth-order valence-electron chi connectivity index (χ4n) is 6.34. The van der Waals surface area contributed by atoms with Gasteiger partial charge in [-0.2, -0.15) is 0 Å². The Bertz CT molecular complexity index is 1730. The summed E-state index contributed by atoms with van der Waals surface area (Å²) in [6.07, 6.45) is 2.08. The Morgan fingerprint density at radius 1 is 1.00 bits per heavy atom. The largest absolute Gasteiger partial charge is 0.361 e. The summed E-state index contributed by atoms with van der Waals surface area (Å²) in [7, 11) is 0. The Balaban J connectivity index is 1.44. The number of carbonyl (C=O) groups excluding carboxylic acids is 3. The molecule has 0 spiro atoms. The standard InChI is InChI=1S/C33H31Cl2FN4O3S/c1-21(41)38-11-13-39(14-12-38)30(42)17-33(44-24-5-3-2-4-6-24)18-31(43)40(20-22-7-10-27(35)28(36)15-22)32(33)26-19-37-29-16-23(34)8-9-25(26)29/h2-10,15-16,19,32,37H,11-14,17-18,20H2,1H3. The van der Waals surface area contributed by atoms with Crippen molar-refractivity contribution in [3.63, 3.8) is 0 Å². The summed E-state index contributed by atoms with van der Waals surface area (Å²) in [6.45, 7) is 3.48. The zero-order valence-electron chi connectivity index (χ0n) is 24.1.